The number of ether oxygens (including phenoxy) is 1. The van der Waals surface area contributed by atoms with Crippen LogP contribution in [0.1, 0.15) is 50.2 Å². The van der Waals surface area contributed by atoms with E-state index in [9.17, 15) is 0 Å². The number of rotatable bonds is 6. The summed E-state index contributed by atoms with van der Waals surface area (Å²) in [6.45, 7) is 6.90. The Hall–Kier alpha value is -2.58. The Bertz CT molecular complexity index is 1010. The van der Waals surface area contributed by atoms with E-state index in [2.05, 4.69) is 47.1 Å². The highest BCUT2D eigenvalue weighted by molar-refractivity contribution is 6.32. The minimum Gasteiger partial charge on any atom is -0.489 e. The molecule has 1 aromatic heterocycles. The van der Waals surface area contributed by atoms with Gasteiger partial charge in [0.1, 0.15) is 11.9 Å². The van der Waals surface area contributed by atoms with Crippen LogP contribution in [0.2, 0.25) is 5.02 Å². The predicted molar refractivity (Wildman–Crippen MR) is 129 cm³/mol. The number of amidine groups is 1. The summed E-state index contributed by atoms with van der Waals surface area (Å²) in [7, 11) is 0. The number of benzene rings is 1. The van der Waals surface area contributed by atoms with E-state index in [0.717, 1.165) is 49.7 Å². The quantitative estimate of drug-likeness (QED) is 0.614. The number of halogens is 1. The Kier molecular flexibility index (Phi) is 6.83. The van der Waals surface area contributed by atoms with E-state index in [-0.39, 0.29) is 12.3 Å². The number of aromatic nitrogens is 2. The number of likely N-dealkylation sites (tertiary alicyclic amines) is 1. The van der Waals surface area contributed by atoms with Crippen LogP contribution in [-0.2, 0) is 6.54 Å². The lowest BCUT2D eigenvalue weighted by Crippen LogP contribution is -2.39. The smallest absolute Gasteiger partial charge is 0.225 e. The third kappa shape index (κ3) is 5.50. The molecule has 0 amide bonds. The molecule has 2 fully saturated rings. The number of piperidine rings is 2. The summed E-state index contributed by atoms with van der Waals surface area (Å²) in [5.41, 5.74) is 2.05. The number of nitrogens with zero attached hydrogens (tertiary/aromatic N) is 7. The van der Waals surface area contributed by atoms with Crippen LogP contribution >= 0.6 is 11.6 Å². The molecule has 5 rings (SSSR count). The van der Waals surface area contributed by atoms with E-state index in [1.807, 2.05) is 13.0 Å². The number of hydrogen-bond acceptors (Lipinski definition) is 8. The van der Waals surface area contributed by atoms with Gasteiger partial charge in [-0.15, -0.1) is 5.11 Å². The molecule has 33 heavy (non-hydrogen) atoms. The highest BCUT2D eigenvalue weighted by Crippen LogP contribution is 2.29. The molecule has 1 unspecified atom stereocenters. The summed E-state index contributed by atoms with van der Waals surface area (Å²) in [6, 6.07) is 6.24. The Morgan fingerprint density at radius 1 is 1.03 bits per heavy atom. The molecular weight excluding hydrogens is 438 g/mol. The maximum absolute atomic E-state index is 6.57. The third-order valence-corrected chi connectivity index (χ3v) is 6.69. The van der Waals surface area contributed by atoms with Gasteiger partial charge in [-0.25, -0.2) is 15.0 Å². The van der Waals surface area contributed by atoms with Gasteiger partial charge in [-0.2, -0.15) is 5.11 Å². The Labute approximate surface area is 199 Å². The Morgan fingerprint density at radius 2 is 1.79 bits per heavy atom. The first kappa shape index (κ1) is 22.2. The van der Waals surface area contributed by atoms with Gasteiger partial charge in [-0.05, 0) is 50.6 Å². The number of anilines is 1. The van der Waals surface area contributed by atoms with Crippen LogP contribution in [0.5, 0.6) is 5.75 Å². The van der Waals surface area contributed by atoms with Crippen LogP contribution in [0, 0.1) is 0 Å². The molecule has 2 aromatic rings. The molecule has 0 saturated carbocycles. The largest absolute Gasteiger partial charge is 0.489 e. The molecule has 0 bridgehead atoms. The molecule has 174 valence electrons. The van der Waals surface area contributed by atoms with Crippen LogP contribution < -0.4 is 9.64 Å². The Morgan fingerprint density at radius 3 is 2.45 bits per heavy atom. The van der Waals surface area contributed by atoms with Crippen molar-refractivity contribution in [3.05, 3.63) is 46.7 Å². The fourth-order valence-electron chi connectivity index (χ4n) is 4.57. The molecule has 9 heteroatoms. The van der Waals surface area contributed by atoms with E-state index < -0.39 is 0 Å². The maximum atomic E-state index is 6.57. The minimum absolute atomic E-state index is 0.127. The van der Waals surface area contributed by atoms with Crippen LogP contribution in [0.25, 0.3) is 0 Å². The normalized spacial score (nSPS) is 21.9. The van der Waals surface area contributed by atoms with Gasteiger partial charge in [0, 0.05) is 44.9 Å². The standard InChI is InChI=1S/C24H30ClN7O/c1-17-28-23(30-29-17)19-14-26-24(27-15-19)32-11-7-20(8-12-32)33-22-6-5-18(13-21(22)25)16-31-9-3-2-4-10-31/h5-6,13-15,17,20H,2-4,7-12,16H2,1H3. The van der Waals surface area contributed by atoms with Crippen LogP contribution in [0.15, 0.2) is 45.8 Å². The van der Waals surface area contributed by atoms with E-state index in [4.69, 9.17) is 16.3 Å². The van der Waals surface area contributed by atoms with E-state index in [1.165, 1.54) is 37.9 Å². The average molecular weight is 468 g/mol. The fourth-order valence-corrected chi connectivity index (χ4v) is 4.81. The third-order valence-electron chi connectivity index (χ3n) is 6.39. The average Bonchev–Trinajstić information content (AvgIpc) is 3.28. The number of azo groups is 1. The molecule has 0 spiro atoms. The Balaban J connectivity index is 1.13. The maximum Gasteiger partial charge on any atom is 0.225 e. The summed E-state index contributed by atoms with van der Waals surface area (Å²) in [5, 5.41) is 8.79. The topological polar surface area (TPSA) is 78.6 Å². The molecule has 1 atom stereocenters. The van der Waals surface area contributed by atoms with Gasteiger partial charge in [0.15, 0.2) is 12.0 Å². The van der Waals surface area contributed by atoms with Gasteiger partial charge in [-0.1, -0.05) is 24.1 Å². The zero-order valence-electron chi connectivity index (χ0n) is 19.0. The lowest BCUT2D eigenvalue weighted by molar-refractivity contribution is 0.170. The highest BCUT2D eigenvalue weighted by atomic mass is 35.5. The lowest BCUT2D eigenvalue weighted by atomic mass is 10.1. The van der Waals surface area contributed by atoms with E-state index in [1.54, 1.807) is 12.4 Å². The van der Waals surface area contributed by atoms with Crippen molar-refractivity contribution in [2.45, 2.75) is 57.8 Å². The second-order valence-corrected chi connectivity index (χ2v) is 9.38. The van der Waals surface area contributed by atoms with E-state index >= 15 is 0 Å². The minimum atomic E-state index is -0.127. The van der Waals surface area contributed by atoms with Gasteiger partial charge in [0.2, 0.25) is 5.95 Å². The van der Waals surface area contributed by atoms with Crippen molar-refractivity contribution in [2.24, 2.45) is 15.2 Å². The van der Waals surface area contributed by atoms with Crippen molar-refractivity contribution in [1.82, 2.24) is 14.9 Å². The van der Waals surface area contributed by atoms with Crippen LogP contribution in [0.3, 0.4) is 0 Å². The van der Waals surface area contributed by atoms with E-state index in [0.29, 0.717) is 10.9 Å². The summed E-state index contributed by atoms with van der Waals surface area (Å²) < 4.78 is 6.26. The molecule has 4 heterocycles. The first-order valence-corrected chi connectivity index (χ1v) is 12.3. The lowest BCUT2D eigenvalue weighted by Gasteiger charge is -2.32. The summed E-state index contributed by atoms with van der Waals surface area (Å²) in [6.07, 6.45) is 9.29. The van der Waals surface area contributed by atoms with Crippen molar-refractivity contribution < 1.29 is 4.74 Å². The zero-order chi connectivity index (χ0) is 22.6. The molecule has 3 aliphatic rings. The van der Waals surface area contributed by atoms with Gasteiger partial charge in [0.25, 0.3) is 0 Å². The second-order valence-electron chi connectivity index (χ2n) is 8.98. The van der Waals surface area contributed by atoms with Crippen molar-refractivity contribution in [1.29, 1.82) is 0 Å². The summed E-state index contributed by atoms with van der Waals surface area (Å²) >= 11 is 6.57. The van der Waals surface area contributed by atoms with Gasteiger partial charge in [0.05, 0.1) is 10.6 Å². The first-order valence-electron chi connectivity index (χ1n) is 11.9. The van der Waals surface area contributed by atoms with Gasteiger partial charge >= 0.3 is 0 Å². The highest BCUT2D eigenvalue weighted by Gasteiger charge is 2.23. The second kappa shape index (κ2) is 10.1. The molecule has 2 saturated heterocycles. The SMILES string of the molecule is CC1N=NC(c2cnc(N3CCC(Oc4ccc(CN5CCCCC5)cc4Cl)CC3)nc2)=N1. The van der Waals surface area contributed by atoms with Gasteiger partial charge in [-0.3, -0.25) is 4.90 Å². The van der Waals surface area contributed by atoms with Crippen LogP contribution in [-0.4, -0.2) is 59.2 Å². The first-order chi connectivity index (χ1) is 16.1. The molecule has 0 N–H and O–H groups in total. The predicted octanol–water partition coefficient (Wildman–Crippen LogP) is 4.72. The van der Waals surface area contributed by atoms with Gasteiger partial charge < -0.3 is 9.64 Å². The molecular formula is C24H30ClN7O. The number of hydrogen-bond donors (Lipinski definition) is 0. The van der Waals surface area contributed by atoms with Crippen molar-refractivity contribution in [3.8, 4) is 5.75 Å². The fraction of sp³-hybridized carbons (Fsp3) is 0.542. The molecule has 0 radical (unpaired) electrons. The summed E-state index contributed by atoms with van der Waals surface area (Å²) in [5.74, 6) is 2.10. The molecule has 8 nitrogen and oxygen atoms in total. The van der Waals surface area contributed by atoms with Crippen molar-refractivity contribution in [3.63, 3.8) is 0 Å². The number of aliphatic imine (C=N–C) groups is 1. The van der Waals surface area contributed by atoms with Crippen molar-refractivity contribution in [2.75, 3.05) is 31.1 Å². The molecule has 1 aromatic carbocycles. The monoisotopic (exact) mass is 467 g/mol. The molecule has 0 aliphatic carbocycles. The summed E-state index contributed by atoms with van der Waals surface area (Å²) in [4.78, 5) is 18.1. The molecule has 3 aliphatic heterocycles. The van der Waals surface area contributed by atoms with Crippen molar-refractivity contribution >= 4 is 23.4 Å². The van der Waals surface area contributed by atoms with Crippen LogP contribution in [0.4, 0.5) is 5.95 Å². The zero-order valence-corrected chi connectivity index (χ0v) is 19.8.